The number of aromatic nitrogens is 2. The smallest absolute Gasteiger partial charge is 0.290 e. The van der Waals surface area contributed by atoms with Crippen LogP contribution in [0.25, 0.3) is 0 Å². The van der Waals surface area contributed by atoms with E-state index in [1.807, 2.05) is 24.3 Å². The first kappa shape index (κ1) is 14.6. The van der Waals surface area contributed by atoms with Crippen LogP contribution in [0.2, 0.25) is 0 Å². The molecular formula is C16H18N3O3. The van der Waals surface area contributed by atoms with Crippen molar-refractivity contribution in [3.05, 3.63) is 48.0 Å². The van der Waals surface area contributed by atoms with E-state index in [-0.39, 0.29) is 5.82 Å². The lowest BCUT2D eigenvalue weighted by atomic mass is 10.1. The molecule has 6 nitrogen and oxygen atoms in total. The lowest BCUT2D eigenvalue weighted by Gasteiger charge is -2.13. The van der Waals surface area contributed by atoms with Gasteiger partial charge in [0.15, 0.2) is 0 Å². The molecule has 0 unspecified atom stereocenters. The summed E-state index contributed by atoms with van der Waals surface area (Å²) in [6.07, 6.45) is 7.56. The van der Waals surface area contributed by atoms with Crippen LogP contribution in [0.5, 0.6) is 5.75 Å². The lowest BCUT2D eigenvalue weighted by molar-refractivity contribution is 0.0987. The van der Waals surface area contributed by atoms with Gasteiger partial charge in [0.05, 0.1) is 12.5 Å². The van der Waals surface area contributed by atoms with Crippen LogP contribution in [0.4, 0.5) is 0 Å². The largest absolute Gasteiger partial charge is 0.490 e. The van der Waals surface area contributed by atoms with Crippen molar-refractivity contribution >= 4 is 5.91 Å². The minimum Gasteiger partial charge on any atom is -0.490 e. The Morgan fingerprint density at radius 1 is 1.32 bits per heavy atom. The Bertz CT molecular complexity index is 630. The van der Waals surface area contributed by atoms with Gasteiger partial charge in [-0.25, -0.2) is 0 Å². The van der Waals surface area contributed by atoms with Crippen molar-refractivity contribution < 1.29 is 14.1 Å². The summed E-state index contributed by atoms with van der Waals surface area (Å²) < 4.78 is 10.8. The highest BCUT2D eigenvalue weighted by Crippen LogP contribution is 2.24. The summed E-state index contributed by atoms with van der Waals surface area (Å²) in [5, 5.41) is 3.49. The highest BCUT2D eigenvalue weighted by atomic mass is 16.5. The van der Waals surface area contributed by atoms with Crippen molar-refractivity contribution in [1.29, 1.82) is 0 Å². The number of benzene rings is 1. The third-order valence-electron chi connectivity index (χ3n) is 3.70. The minimum atomic E-state index is -0.697. The Labute approximate surface area is 128 Å². The van der Waals surface area contributed by atoms with Crippen LogP contribution in [-0.4, -0.2) is 22.2 Å². The molecule has 1 heterocycles. The number of hydrogen-bond acceptors (Lipinski definition) is 5. The second-order valence-corrected chi connectivity index (χ2v) is 5.40. The molecule has 22 heavy (non-hydrogen) atoms. The van der Waals surface area contributed by atoms with Gasteiger partial charge in [0.1, 0.15) is 5.75 Å². The van der Waals surface area contributed by atoms with E-state index in [2.05, 4.69) is 10.1 Å². The van der Waals surface area contributed by atoms with Crippen molar-refractivity contribution in [2.75, 3.05) is 0 Å². The number of nitrogens with two attached hydrogens (primary N) is 1. The van der Waals surface area contributed by atoms with Gasteiger partial charge < -0.3 is 15.0 Å². The molecule has 1 aromatic heterocycles. The molecule has 1 saturated carbocycles. The van der Waals surface area contributed by atoms with Gasteiger partial charge in [-0.2, -0.15) is 4.98 Å². The first-order chi connectivity index (χ1) is 10.7. The molecule has 6 heteroatoms. The number of rotatable bonds is 6. The van der Waals surface area contributed by atoms with E-state index < -0.39 is 5.91 Å². The molecule has 2 aromatic rings. The maximum Gasteiger partial charge on any atom is 0.290 e. The van der Waals surface area contributed by atoms with Crippen LogP contribution in [0.15, 0.2) is 28.8 Å². The fourth-order valence-electron chi connectivity index (χ4n) is 2.53. The Hall–Kier alpha value is -2.37. The topological polar surface area (TPSA) is 91.2 Å². The van der Waals surface area contributed by atoms with Crippen LogP contribution in [-0.2, 0) is 6.42 Å². The zero-order chi connectivity index (χ0) is 15.4. The number of amides is 1. The van der Waals surface area contributed by atoms with E-state index >= 15 is 0 Å². The molecule has 0 saturated heterocycles. The third-order valence-corrected chi connectivity index (χ3v) is 3.70. The van der Waals surface area contributed by atoms with Gasteiger partial charge in [-0.3, -0.25) is 4.79 Å². The summed E-state index contributed by atoms with van der Waals surface area (Å²) in [6, 6.07) is 7.96. The molecule has 1 aromatic carbocycles. The standard InChI is InChI=1S/C16H18N3O3/c17-15(20)16-18-14(22-19-16)10-7-11-5-8-13(9-6-11)21-12-3-1-2-4-12/h5-6,8-10,12H,1-4,7H2,(H2,17,20). The van der Waals surface area contributed by atoms with Gasteiger partial charge in [-0.15, -0.1) is 0 Å². The van der Waals surface area contributed by atoms with Crippen LogP contribution in [0.1, 0.15) is 47.8 Å². The molecule has 1 amide bonds. The number of ether oxygens (including phenoxy) is 1. The van der Waals surface area contributed by atoms with Gasteiger partial charge in [-0.05, 0) is 49.8 Å². The Kier molecular flexibility index (Phi) is 4.37. The zero-order valence-corrected chi connectivity index (χ0v) is 12.2. The summed E-state index contributed by atoms with van der Waals surface area (Å²) in [6.45, 7) is 0. The number of carbonyl (C=O) groups excluding carboxylic acids is 1. The molecule has 2 N–H and O–H groups in total. The van der Waals surface area contributed by atoms with E-state index in [0.717, 1.165) is 24.2 Å². The molecular weight excluding hydrogens is 282 g/mol. The lowest BCUT2D eigenvalue weighted by Crippen LogP contribution is -2.12. The van der Waals surface area contributed by atoms with E-state index in [9.17, 15) is 4.79 Å². The molecule has 1 aliphatic carbocycles. The second kappa shape index (κ2) is 6.60. The number of carbonyl (C=O) groups is 1. The second-order valence-electron chi connectivity index (χ2n) is 5.40. The van der Waals surface area contributed by atoms with E-state index in [4.69, 9.17) is 15.0 Å². The minimum absolute atomic E-state index is 0.105. The summed E-state index contributed by atoms with van der Waals surface area (Å²) in [4.78, 5) is 14.8. The van der Waals surface area contributed by atoms with Crippen molar-refractivity contribution in [1.82, 2.24) is 10.1 Å². The monoisotopic (exact) mass is 300 g/mol. The number of primary amides is 1. The zero-order valence-electron chi connectivity index (χ0n) is 12.2. The molecule has 3 rings (SSSR count). The summed E-state index contributed by atoms with van der Waals surface area (Å²) in [7, 11) is 0. The summed E-state index contributed by atoms with van der Waals surface area (Å²) >= 11 is 0. The van der Waals surface area contributed by atoms with Crippen molar-refractivity contribution in [2.24, 2.45) is 5.73 Å². The number of nitrogens with zero attached hydrogens (tertiary/aromatic N) is 2. The third kappa shape index (κ3) is 3.63. The maximum absolute atomic E-state index is 10.9. The Morgan fingerprint density at radius 3 is 2.68 bits per heavy atom. The molecule has 1 fully saturated rings. The molecule has 0 bridgehead atoms. The van der Waals surface area contributed by atoms with Crippen molar-refractivity contribution in [3.8, 4) is 5.75 Å². The van der Waals surface area contributed by atoms with Crippen LogP contribution in [0, 0.1) is 6.42 Å². The molecule has 0 atom stereocenters. The normalized spacial score (nSPS) is 15.1. The SMILES string of the molecule is NC(=O)c1noc([CH]Cc2ccc(OC3CCCC3)cc2)n1. The highest BCUT2D eigenvalue weighted by molar-refractivity contribution is 5.88. The molecule has 1 aliphatic rings. The van der Waals surface area contributed by atoms with E-state index in [0.29, 0.717) is 18.4 Å². The van der Waals surface area contributed by atoms with Crippen LogP contribution < -0.4 is 10.5 Å². The quantitative estimate of drug-likeness (QED) is 0.883. The number of hydrogen-bond donors (Lipinski definition) is 1. The molecule has 0 spiro atoms. The van der Waals surface area contributed by atoms with Gasteiger partial charge in [0, 0.05) is 0 Å². The Balaban J connectivity index is 1.52. The van der Waals surface area contributed by atoms with Crippen LogP contribution in [0.3, 0.4) is 0 Å². The predicted molar refractivity (Wildman–Crippen MR) is 79.2 cm³/mol. The van der Waals surface area contributed by atoms with E-state index in [1.54, 1.807) is 6.42 Å². The average molecular weight is 300 g/mol. The predicted octanol–water partition coefficient (Wildman–Crippen LogP) is 2.28. The summed E-state index contributed by atoms with van der Waals surface area (Å²) in [5.74, 6) is 0.396. The molecule has 1 radical (unpaired) electrons. The van der Waals surface area contributed by atoms with Gasteiger partial charge >= 0.3 is 0 Å². The van der Waals surface area contributed by atoms with Gasteiger partial charge in [-0.1, -0.05) is 17.3 Å². The van der Waals surface area contributed by atoms with Gasteiger partial charge in [0.25, 0.3) is 11.7 Å². The fourth-order valence-corrected chi connectivity index (χ4v) is 2.53. The molecule has 0 aliphatic heterocycles. The Morgan fingerprint density at radius 2 is 2.05 bits per heavy atom. The van der Waals surface area contributed by atoms with E-state index in [1.165, 1.54) is 12.8 Å². The van der Waals surface area contributed by atoms with Crippen LogP contribution >= 0.6 is 0 Å². The first-order valence-electron chi connectivity index (χ1n) is 7.43. The average Bonchev–Trinajstić information content (AvgIpc) is 3.18. The van der Waals surface area contributed by atoms with Gasteiger partial charge in [0.2, 0.25) is 5.89 Å². The maximum atomic E-state index is 10.9. The molecule has 115 valence electrons. The fraction of sp³-hybridized carbons (Fsp3) is 0.375. The summed E-state index contributed by atoms with van der Waals surface area (Å²) in [5.41, 5.74) is 6.16. The first-order valence-corrected chi connectivity index (χ1v) is 7.43. The van der Waals surface area contributed by atoms with Crippen molar-refractivity contribution in [3.63, 3.8) is 0 Å². The van der Waals surface area contributed by atoms with Crippen molar-refractivity contribution in [2.45, 2.75) is 38.2 Å². The highest BCUT2D eigenvalue weighted by Gasteiger charge is 2.16.